The molecule has 0 spiro atoms. The van der Waals surface area contributed by atoms with Crippen molar-refractivity contribution >= 4 is 7.85 Å². The van der Waals surface area contributed by atoms with Crippen molar-refractivity contribution in [3.63, 3.8) is 0 Å². The van der Waals surface area contributed by atoms with Crippen LogP contribution in [-0.2, 0) is 9.47 Å². The maximum absolute atomic E-state index is 9.57. The number of rotatable bonds is 1. The van der Waals surface area contributed by atoms with Crippen molar-refractivity contribution < 1.29 is 19.7 Å². The summed E-state index contributed by atoms with van der Waals surface area (Å²) >= 11 is 0. The van der Waals surface area contributed by atoms with Crippen LogP contribution in [-0.4, -0.2) is 55.1 Å². The van der Waals surface area contributed by atoms with E-state index in [1.165, 1.54) is 0 Å². The molecule has 2 fully saturated rings. The molecule has 2 heterocycles. The molecule has 68 valence electrons. The number of hydrogen-bond acceptors (Lipinski definition) is 4. The molecule has 2 saturated heterocycles. The lowest BCUT2D eigenvalue weighted by Gasteiger charge is -2.21. The van der Waals surface area contributed by atoms with Gasteiger partial charge in [-0.1, -0.05) is 0 Å². The van der Waals surface area contributed by atoms with E-state index in [1.807, 2.05) is 7.85 Å². The highest BCUT2D eigenvalue weighted by Crippen LogP contribution is 2.34. The van der Waals surface area contributed by atoms with Crippen molar-refractivity contribution in [2.45, 2.75) is 36.8 Å². The van der Waals surface area contributed by atoms with Gasteiger partial charge in [0.1, 0.15) is 26.2 Å². The van der Waals surface area contributed by atoms with Crippen LogP contribution < -0.4 is 0 Å². The molecular weight excluding hydrogens is 159 g/mol. The van der Waals surface area contributed by atoms with E-state index < -0.39 is 12.2 Å². The van der Waals surface area contributed by atoms with Crippen molar-refractivity contribution in [1.82, 2.24) is 0 Å². The van der Waals surface area contributed by atoms with Gasteiger partial charge in [-0.2, -0.15) is 0 Å². The van der Waals surface area contributed by atoms with Crippen LogP contribution in [0.4, 0.5) is 0 Å². The predicted molar refractivity (Wildman–Crippen MR) is 43.6 cm³/mol. The minimum Gasteiger partial charge on any atom is -0.394 e. The maximum atomic E-state index is 9.57. The average molecular weight is 172 g/mol. The predicted octanol–water partition coefficient (Wildman–Crippen LogP) is -2.14. The summed E-state index contributed by atoms with van der Waals surface area (Å²) in [7, 11) is 1.93. The first kappa shape index (κ1) is 8.50. The summed E-state index contributed by atoms with van der Waals surface area (Å²) in [5, 5.41) is 18.5. The molecule has 0 amide bonds. The number of epoxide rings is 1. The van der Waals surface area contributed by atoms with Gasteiger partial charge in [0.2, 0.25) is 0 Å². The second-order valence-electron chi connectivity index (χ2n) is 3.53. The molecule has 3 unspecified atom stereocenters. The molecule has 0 saturated carbocycles. The van der Waals surface area contributed by atoms with Crippen LogP contribution in [0.25, 0.3) is 0 Å². The molecule has 5 heteroatoms. The molecule has 0 radical (unpaired) electrons. The second kappa shape index (κ2) is 2.99. The number of hydrogen-bond donors (Lipinski definition) is 2. The van der Waals surface area contributed by atoms with Crippen molar-refractivity contribution in [3.8, 4) is 0 Å². The van der Waals surface area contributed by atoms with Crippen LogP contribution in [0.5, 0.6) is 0 Å². The number of ether oxygens (including phenoxy) is 2. The quantitative estimate of drug-likeness (QED) is 0.350. The van der Waals surface area contributed by atoms with Gasteiger partial charge in [-0.15, -0.1) is 0 Å². The van der Waals surface area contributed by atoms with Gasteiger partial charge in [0, 0.05) is 6.00 Å². The molecule has 4 nitrogen and oxygen atoms in total. The molecule has 0 bridgehead atoms. The zero-order valence-electron chi connectivity index (χ0n) is 7.01. The Morgan fingerprint density at radius 3 is 2.83 bits per heavy atom. The van der Waals surface area contributed by atoms with Gasteiger partial charge >= 0.3 is 0 Å². The van der Waals surface area contributed by atoms with Crippen molar-refractivity contribution in [2.24, 2.45) is 0 Å². The fourth-order valence-electron chi connectivity index (χ4n) is 1.77. The number of fused-ring (bicyclic) bond motifs is 1. The minimum atomic E-state index is -0.662. The van der Waals surface area contributed by atoms with E-state index >= 15 is 0 Å². The Labute approximate surface area is 71.9 Å². The minimum absolute atomic E-state index is 0.0642. The van der Waals surface area contributed by atoms with Crippen molar-refractivity contribution in [3.05, 3.63) is 0 Å². The number of aliphatic hydroxyl groups is 2. The molecule has 0 aliphatic carbocycles. The van der Waals surface area contributed by atoms with Crippen LogP contribution >= 0.6 is 0 Å². The van der Waals surface area contributed by atoms with Gasteiger partial charge in [0.25, 0.3) is 0 Å². The first-order chi connectivity index (χ1) is 5.72. The van der Waals surface area contributed by atoms with E-state index in [0.29, 0.717) is 0 Å². The number of aliphatic hydroxyl groups excluding tert-OH is 2. The third-order valence-corrected chi connectivity index (χ3v) is 2.49. The van der Waals surface area contributed by atoms with Crippen molar-refractivity contribution in [1.29, 1.82) is 0 Å². The maximum Gasteiger partial charge on any atom is 0.139 e. The van der Waals surface area contributed by atoms with Crippen LogP contribution in [0.2, 0.25) is 0 Å². The van der Waals surface area contributed by atoms with Gasteiger partial charge in [-0.25, -0.2) is 0 Å². The lowest BCUT2D eigenvalue weighted by molar-refractivity contribution is -0.0817. The SMILES string of the molecule is BC1CC2OC2[C@H](O)[C@@H](CO)O1. The monoisotopic (exact) mass is 172 g/mol. The molecule has 2 aliphatic heterocycles. The fraction of sp³-hybridized carbons (Fsp3) is 1.00. The Hall–Kier alpha value is -0.0951. The zero-order chi connectivity index (χ0) is 8.72. The summed E-state index contributed by atoms with van der Waals surface area (Å²) in [6.45, 7) is -0.141. The molecule has 0 aromatic carbocycles. The molecule has 2 rings (SSSR count). The van der Waals surface area contributed by atoms with Gasteiger partial charge in [0.05, 0.1) is 12.7 Å². The molecule has 0 aromatic rings. The summed E-state index contributed by atoms with van der Waals surface area (Å²) in [6, 6.07) is 0.0642. The first-order valence-electron chi connectivity index (χ1n) is 4.32. The molecule has 0 aromatic heterocycles. The summed E-state index contributed by atoms with van der Waals surface area (Å²) in [6.07, 6.45) is -0.279. The second-order valence-corrected chi connectivity index (χ2v) is 3.53. The first-order valence-corrected chi connectivity index (χ1v) is 4.32. The van der Waals surface area contributed by atoms with E-state index in [9.17, 15) is 5.11 Å². The van der Waals surface area contributed by atoms with E-state index in [0.717, 1.165) is 6.42 Å². The Morgan fingerprint density at radius 1 is 1.42 bits per heavy atom. The summed E-state index contributed by atoms with van der Waals surface area (Å²) in [5.41, 5.74) is 0. The molecular formula is C7H13BO4. The molecule has 2 N–H and O–H groups in total. The Bertz CT molecular complexity index is 177. The van der Waals surface area contributed by atoms with E-state index in [1.54, 1.807) is 0 Å². The van der Waals surface area contributed by atoms with Crippen LogP contribution in [0, 0.1) is 0 Å². The van der Waals surface area contributed by atoms with Crippen LogP contribution in [0.1, 0.15) is 6.42 Å². The highest BCUT2D eigenvalue weighted by molar-refractivity contribution is 6.11. The third kappa shape index (κ3) is 1.37. The lowest BCUT2D eigenvalue weighted by atomic mass is 9.95. The van der Waals surface area contributed by atoms with Crippen LogP contribution in [0.15, 0.2) is 0 Å². The largest absolute Gasteiger partial charge is 0.394 e. The average Bonchev–Trinajstić information content (AvgIpc) is 2.77. The topological polar surface area (TPSA) is 62.2 Å². The normalized spacial score (nSPS) is 52.7. The van der Waals surface area contributed by atoms with Gasteiger partial charge < -0.3 is 19.7 Å². The Balaban J connectivity index is 2.03. The third-order valence-electron chi connectivity index (χ3n) is 2.49. The van der Waals surface area contributed by atoms with E-state index in [-0.39, 0.29) is 24.8 Å². The zero-order valence-corrected chi connectivity index (χ0v) is 7.01. The van der Waals surface area contributed by atoms with Gasteiger partial charge in [-0.05, 0) is 6.42 Å². The van der Waals surface area contributed by atoms with Crippen LogP contribution in [0.3, 0.4) is 0 Å². The summed E-state index contributed by atoms with van der Waals surface area (Å²) < 4.78 is 10.6. The molecule has 5 atom stereocenters. The van der Waals surface area contributed by atoms with Gasteiger partial charge in [-0.3, -0.25) is 0 Å². The highest BCUT2D eigenvalue weighted by Gasteiger charge is 2.50. The molecule has 2 aliphatic rings. The lowest BCUT2D eigenvalue weighted by Crippen LogP contribution is -2.37. The Morgan fingerprint density at radius 2 is 2.17 bits per heavy atom. The smallest absolute Gasteiger partial charge is 0.139 e. The summed E-state index contributed by atoms with van der Waals surface area (Å²) in [5.74, 6) is 0. The fourth-order valence-corrected chi connectivity index (χ4v) is 1.77. The molecule has 12 heavy (non-hydrogen) atoms. The Kier molecular flexibility index (Phi) is 2.12. The van der Waals surface area contributed by atoms with Gasteiger partial charge in [0.15, 0.2) is 0 Å². The summed E-state index contributed by atoms with van der Waals surface area (Å²) in [4.78, 5) is 0. The highest BCUT2D eigenvalue weighted by atomic mass is 16.6. The standard InChI is InChI=1S/C7H13BO4/c8-5-1-3-7(12-3)6(10)4(2-9)11-5/h3-7,9-10H,1-2,8H2/t3?,4-,5?,6-,7?/m1/s1. The van der Waals surface area contributed by atoms with E-state index in [4.69, 9.17) is 14.6 Å². The van der Waals surface area contributed by atoms with Crippen molar-refractivity contribution in [2.75, 3.05) is 6.61 Å². The van der Waals surface area contributed by atoms with E-state index in [2.05, 4.69) is 0 Å².